The zero-order chi connectivity index (χ0) is 10.1. The Morgan fingerprint density at radius 2 is 2.00 bits per heavy atom. The number of carbonyl (C=O) groups excluding carboxylic acids is 1. The van der Waals surface area contributed by atoms with Crippen LogP contribution in [0.4, 0.5) is 0 Å². The van der Waals surface area contributed by atoms with E-state index in [0.717, 1.165) is 38.9 Å². The van der Waals surface area contributed by atoms with E-state index in [-0.39, 0.29) is 0 Å². The molecule has 4 heteroatoms. The van der Waals surface area contributed by atoms with E-state index >= 15 is 0 Å². The quantitative estimate of drug-likeness (QED) is 0.638. The van der Waals surface area contributed by atoms with Gasteiger partial charge in [0.05, 0.1) is 0 Å². The van der Waals surface area contributed by atoms with Crippen LogP contribution in [0.2, 0.25) is 0 Å². The molecule has 1 rings (SSSR count). The molecule has 0 aromatic heterocycles. The van der Waals surface area contributed by atoms with E-state index in [1.807, 2.05) is 4.90 Å². The molecule has 0 spiro atoms. The van der Waals surface area contributed by atoms with Crippen molar-refractivity contribution < 1.29 is 9.53 Å². The van der Waals surface area contributed by atoms with Crippen LogP contribution in [0.25, 0.3) is 0 Å². The highest BCUT2D eigenvalue weighted by Crippen LogP contribution is 2.15. The third kappa shape index (κ3) is 4.85. The zero-order valence-electron chi connectivity index (χ0n) is 8.53. The summed E-state index contributed by atoms with van der Waals surface area (Å²) in [6, 6.07) is 0. The fraction of sp³-hybridized carbons (Fsp3) is 0.889. The minimum absolute atomic E-state index is 0.663. The molecule has 2 N–H and O–H groups in total. The number of hydrogen-bond acceptors (Lipinski definition) is 3. The van der Waals surface area contributed by atoms with Crippen molar-refractivity contribution in [2.75, 3.05) is 33.9 Å². The predicted molar refractivity (Wildman–Crippen MR) is 52.3 cm³/mol. The Morgan fingerprint density at radius 3 is 2.38 bits per heavy atom. The molecule has 1 amide bonds. The maximum atomic E-state index is 10.3. The lowest BCUT2D eigenvalue weighted by Gasteiger charge is -2.28. The Bertz CT molecular complexity index is 123. The van der Waals surface area contributed by atoms with Gasteiger partial charge in [0.2, 0.25) is 6.41 Å². The van der Waals surface area contributed by atoms with Crippen LogP contribution in [-0.2, 0) is 9.53 Å². The number of carbonyl (C=O) groups is 1. The summed E-state index contributed by atoms with van der Waals surface area (Å²) < 4.78 is 5.04. The molecule has 1 saturated heterocycles. The lowest BCUT2D eigenvalue weighted by molar-refractivity contribution is -0.119. The van der Waals surface area contributed by atoms with Crippen molar-refractivity contribution in [1.82, 2.24) is 4.90 Å². The largest absolute Gasteiger partial charge is 0.384 e. The second-order valence-corrected chi connectivity index (χ2v) is 3.04. The lowest BCUT2D eigenvalue weighted by Crippen LogP contribution is -2.33. The number of methoxy groups -OCH3 is 1. The fourth-order valence-corrected chi connectivity index (χ4v) is 1.46. The second-order valence-electron chi connectivity index (χ2n) is 3.04. The molecule has 1 aliphatic heterocycles. The smallest absolute Gasteiger partial charge is 0.209 e. The Hall–Kier alpha value is -0.610. The van der Waals surface area contributed by atoms with Crippen molar-refractivity contribution in [3.05, 3.63) is 0 Å². The molecule has 0 bridgehead atoms. The van der Waals surface area contributed by atoms with Crippen LogP contribution in [0, 0.1) is 5.92 Å². The van der Waals surface area contributed by atoms with Gasteiger partial charge in [-0.3, -0.25) is 4.79 Å². The molecule has 4 nitrogen and oxygen atoms in total. The van der Waals surface area contributed by atoms with E-state index < -0.39 is 0 Å². The number of piperidine rings is 1. The maximum absolute atomic E-state index is 10.3. The number of nitrogens with two attached hydrogens (primary N) is 1. The third-order valence-corrected chi connectivity index (χ3v) is 2.20. The van der Waals surface area contributed by atoms with Gasteiger partial charge in [-0.2, -0.15) is 0 Å². The highest BCUT2D eigenvalue weighted by atomic mass is 16.5. The van der Waals surface area contributed by atoms with Crippen LogP contribution >= 0.6 is 0 Å². The number of rotatable bonds is 3. The third-order valence-electron chi connectivity index (χ3n) is 2.20. The summed E-state index contributed by atoms with van der Waals surface area (Å²) in [6.07, 6.45) is 3.11. The summed E-state index contributed by atoms with van der Waals surface area (Å²) in [5.41, 5.74) is 4.50. The standard InChI is InChI=1S/C8H15NO2.CH5N/c1-11-6-8-2-4-9(7-10)5-3-8;1-2/h7-8H,2-6H2,1H3;2H2,1H3. The molecule has 0 aromatic rings. The zero-order valence-corrected chi connectivity index (χ0v) is 8.53. The number of ether oxygens (including phenoxy) is 1. The van der Waals surface area contributed by atoms with Crippen molar-refractivity contribution in [2.24, 2.45) is 11.7 Å². The number of amides is 1. The van der Waals surface area contributed by atoms with Crippen molar-refractivity contribution in [1.29, 1.82) is 0 Å². The maximum Gasteiger partial charge on any atom is 0.209 e. The van der Waals surface area contributed by atoms with Gasteiger partial charge >= 0.3 is 0 Å². The summed E-state index contributed by atoms with van der Waals surface area (Å²) in [6.45, 7) is 2.64. The number of nitrogens with zero attached hydrogens (tertiary/aromatic N) is 1. The first-order valence-electron chi connectivity index (χ1n) is 4.63. The lowest BCUT2D eigenvalue weighted by atomic mass is 9.98. The first kappa shape index (κ1) is 12.4. The normalized spacial score (nSPS) is 17.6. The molecule has 0 atom stereocenters. The second kappa shape index (κ2) is 8.01. The average molecular weight is 188 g/mol. The van der Waals surface area contributed by atoms with Gasteiger partial charge in [-0.05, 0) is 25.8 Å². The molecule has 13 heavy (non-hydrogen) atoms. The van der Waals surface area contributed by atoms with Gasteiger partial charge in [-0.15, -0.1) is 0 Å². The Kier molecular flexibility index (Phi) is 7.63. The van der Waals surface area contributed by atoms with E-state index in [1.165, 1.54) is 7.05 Å². The molecule has 0 unspecified atom stereocenters. The van der Waals surface area contributed by atoms with Crippen LogP contribution in [-0.4, -0.2) is 45.2 Å². The van der Waals surface area contributed by atoms with Crippen LogP contribution in [0.3, 0.4) is 0 Å². The van der Waals surface area contributed by atoms with E-state index in [1.54, 1.807) is 7.11 Å². The summed E-state index contributed by atoms with van der Waals surface area (Å²) in [5.74, 6) is 0.663. The van der Waals surface area contributed by atoms with Gasteiger partial charge < -0.3 is 15.4 Å². The Morgan fingerprint density at radius 1 is 1.46 bits per heavy atom. The van der Waals surface area contributed by atoms with E-state index in [9.17, 15) is 4.79 Å². The number of hydrogen-bond donors (Lipinski definition) is 1. The van der Waals surface area contributed by atoms with Gasteiger partial charge in [0.15, 0.2) is 0 Å². The fourth-order valence-electron chi connectivity index (χ4n) is 1.46. The molecule has 0 radical (unpaired) electrons. The van der Waals surface area contributed by atoms with Gasteiger partial charge in [0.1, 0.15) is 0 Å². The minimum Gasteiger partial charge on any atom is -0.384 e. The molecule has 1 aliphatic rings. The minimum atomic E-state index is 0.663. The van der Waals surface area contributed by atoms with Gasteiger partial charge in [0, 0.05) is 26.8 Å². The van der Waals surface area contributed by atoms with Gasteiger partial charge in [-0.1, -0.05) is 0 Å². The molecular formula is C9H20N2O2. The SMILES string of the molecule is CN.COCC1CCN(C=O)CC1. The summed E-state index contributed by atoms with van der Waals surface area (Å²) in [4.78, 5) is 12.1. The van der Waals surface area contributed by atoms with Crippen molar-refractivity contribution >= 4 is 6.41 Å². The van der Waals surface area contributed by atoms with E-state index in [0.29, 0.717) is 5.92 Å². The molecule has 0 saturated carbocycles. The highest BCUT2D eigenvalue weighted by molar-refractivity contribution is 5.47. The van der Waals surface area contributed by atoms with E-state index in [2.05, 4.69) is 5.73 Å². The highest BCUT2D eigenvalue weighted by Gasteiger charge is 2.16. The predicted octanol–water partition coefficient (Wildman–Crippen LogP) is 0.0761. The summed E-state index contributed by atoms with van der Waals surface area (Å²) in [5, 5.41) is 0. The monoisotopic (exact) mass is 188 g/mol. The van der Waals surface area contributed by atoms with E-state index in [4.69, 9.17) is 4.74 Å². The van der Waals surface area contributed by atoms with Gasteiger partial charge in [0.25, 0.3) is 0 Å². The molecule has 0 aromatic carbocycles. The topological polar surface area (TPSA) is 55.6 Å². The molecular weight excluding hydrogens is 168 g/mol. The molecule has 1 heterocycles. The Balaban J connectivity index is 0.000000671. The van der Waals surface area contributed by atoms with Crippen molar-refractivity contribution in [3.63, 3.8) is 0 Å². The molecule has 78 valence electrons. The first-order valence-corrected chi connectivity index (χ1v) is 4.63. The van der Waals surface area contributed by atoms with Crippen LogP contribution in [0.5, 0.6) is 0 Å². The first-order chi connectivity index (χ1) is 6.36. The summed E-state index contributed by atoms with van der Waals surface area (Å²) >= 11 is 0. The van der Waals surface area contributed by atoms with Crippen molar-refractivity contribution in [3.8, 4) is 0 Å². The Labute approximate surface area is 80.0 Å². The summed E-state index contributed by atoms with van der Waals surface area (Å²) in [7, 11) is 3.23. The van der Waals surface area contributed by atoms with Crippen LogP contribution in [0.1, 0.15) is 12.8 Å². The average Bonchev–Trinajstić information content (AvgIpc) is 2.23. The molecule has 0 aliphatic carbocycles. The van der Waals surface area contributed by atoms with Gasteiger partial charge in [-0.25, -0.2) is 0 Å². The molecule has 1 fully saturated rings. The number of likely N-dealkylation sites (tertiary alicyclic amines) is 1. The van der Waals surface area contributed by atoms with Crippen LogP contribution < -0.4 is 5.73 Å². The van der Waals surface area contributed by atoms with Crippen LogP contribution in [0.15, 0.2) is 0 Å². The van der Waals surface area contributed by atoms with Crippen molar-refractivity contribution in [2.45, 2.75) is 12.8 Å².